The third-order valence-corrected chi connectivity index (χ3v) is 3.35. The first-order chi connectivity index (χ1) is 10.0. The van der Waals surface area contributed by atoms with Gasteiger partial charge in [-0.15, -0.1) is 0 Å². The van der Waals surface area contributed by atoms with Gasteiger partial charge in [-0.25, -0.2) is 4.79 Å². The van der Waals surface area contributed by atoms with E-state index in [1.807, 2.05) is 38.1 Å². The molecule has 0 saturated heterocycles. The number of rotatable bonds is 8. The maximum atomic E-state index is 11.9. The maximum absolute atomic E-state index is 11.9. The highest BCUT2D eigenvalue weighted by Gasteiger charge is 2.24. The summed E-state index contributed by atoms with van der Waals surface area (Å²) in [6.45, 7) is 4.83. The zero-order chi connectivity index (χ0) is 15.7. The highest BCUT2D eigenvalue weighted by molar-refractivity contribution is 5.74. The van der Waals surface area contributed by atoms with Crippen LogP contribution in [-0.4, -0.2) is 30.4 Å². The molecule has 2 amide bonds. The monoisotopic (exact) mass is 294 g/mol. The molecule has 1 unspecified atom stereocenters. The van der Waals surface area contributed by atoms with Crippen molar-refractivity contribution in [3.8, 4) is 0 Å². The average Bonchev–Trinajstić information content (AvgIpc) is 2.47. The molecule has 1 rings (SSSR count). The zero-order valence-corrected chi connectivity index (χ0v) is 13.1. The van der Waals surface area contributed by atoms with Crippen LogP contribution in [0.25, 0.3) is 0 Å². The molecule has 0 aliphatic heterocycles. The van der Waals surface area contributed by atoms with Crippen LogP contribution in [0.5, 0.6) is 0 Å². The Morgan fingerprint density at radius 3 is 2.43 bits per heavy atom. The summed E-state index contributed by atoms with van der Waals surface area (Å²) < 4.78 is 5.05. The molecule has 0 spiro atoms. The number of carbonyl (C=O) groups is 1. The van der Waals surface area contributed by atoms with E-state index in [2.05, 4.69) is 10.6 Å². The summed E-state index contributed by atoms with van der Waals surface area (Å²) in [6, 6.07) is 7.62. The smallest absolute Gasteiger partial charge is 0.315 e. The van der Waals surface area contributed by atoms with Crippen LogP contribution in [0.15, 0.2) is 24.3 Å². The van der Waals surface area contributed by atoms with E-state index in [1.54, 1.807) is 7.11 Å². The number of carbonyl (C=O) groups excluding carboxylic acids is 1. The lowest BCUT2D eigenvalue weighted by molar-refractivity contribution is 0.163. The first-order valence-electron chi connectivity index (χ1n) is 7.26. The molecule has 5 nitrogen and oxygen atoms in total. The maximum Gasteiger partial charge on any atom is 0.315 e. The van der Waals surface area contributed by atoms with E-state index in [4.69, 9.17) is 4.74 Å². The lowest BCUT2D eigenvalue weighted by atomic mass is 9.98. The molecule has 0 saturated carbocycles. The number of urea groups is 1. The number of hydrogen-bond acceptors (Lipinski definition) is 3. The lowest BCUT2D eigenvalue weighted by Crippen LogP contribution is -2.52. The number of methoxy groups -OCH3 is 1. The third kappa shape index (κ3) is 6.14. The van der Waals surface area contributed by atoms with E-state index >= 15 is 0 Å². The molecule has 0 bridgehead atoms. The number of amides is 2. The fraction of sp³-hybridized carbons (Fsp3) is 0.562. The summed E-state index contributed by atoms with van der Waals surface area (Å²) in [5.74, 6) is 0. The van der Waals surface area contributed by atoms with Gasteiger partial charge in [0, 0.05) is 13.7 Å². The number of hydrogen-bond donors (Lipinski definition) is 3. The fourth-order valence-corrected chi connectivity index (χ4v) is 2.15. The van der Waals surface area contributed by atoms with E-state index in [0.29, 0.717) is 13.2 Å². The molecule has 1 aromatic carbocycles. The van der Waals surface area contributed by atoms with Gasteiger partial charge >= 0.3 is 6.03 Å². The molecule has 1 atom stereocenters. The first kappa shape index (κ1) is 17.5. The second kappa shape index (κ2) is 8.64. The van der Waals surface area contributed by atoms with Crippen LogP contribution in [0.4, 0.5) is 4.79 Å². The number of nitrogens with one attached hydrogen (secondary N) is 2. The van der Waals surface area contributed by atoms with E-state index < -0.39 is 5.54 Å². The zero-order valence-electron chi connectivity index (χ0n) is 13.1. The molecular formula is C16H26N2O3. The van der Waals surface area contributed by atoms with Crippen molar-refractivity contribution in [1.82, 2.24) is 10.6 Å². The van der Waals surface area contributed by atoms with Gasteiger partial charge in [-0.2, -0.15) is 0 Å². The Kier molecular flexibility index (Phi) is 7.19. The molecule has 0 aliphatic rings. The third-order valence-electron chi connectivity index (χ3n) is 3.35. The summed E-state index contributed by atoms with van der Waals surface area (Å²) in [5.41, 5.74) is 1.55. The van der Waals surface area contributed by atoms with Crippen LogP contribution in [0.3, 0.4) is 0 Å². The van der Waals surface area contributed by atoms with Gasteiger partial charge in [0.1, 0.15) is 0 Å². The Morgan fingerprint density at radius 2 is 1.90 bits per heavy atom. The predicted molar refractivity (Wildman–Crippen MR) is 82.9 cm³/mol. The Hall–Kier alpha value is -1.59. The van der Waals surface area contributed by atoms with Crippen molar-refractivity contribution in [2.24, 2.45) is 0 Å². The fourth-order valence-electron chi connectivity index (χ4n) is 2.15. The van der Waals surface area contributed by atoms with Gasteiger partial charge in [-0.1, -0.05) is 37.6 Å². The van der Waals surface area contributed by atoms with Crippen LogP contribution >= 0.6 is 0 Å². The first-order valence-corrected chi connectivity index (χ1v) is 7.26. The molecule has 118 valence electrons. The SMILES string of the molecule is CCCC(C)(CO)NC(=O)NCc1ccc(COC)cc1. The van der Waals surface area contributed by atoms with Gasteiger partial charge in [-0.05, 0) is 24.5 Å². The molecule has 1 aromatic rings. The topological polar surface area (TPSA) is 70.6 Å². The summed E-state index contributed by atoms with van der Waals surface area (Å²) in [6.07, 6.45) is 1.64. The molecule has 3 N–H and O–H groups in total. The summed E-state index contributed by atoms with van der Waals surface area (Å²) >= 11 is 0. The van der Waals surface area contributed by atoms with Crippen molar-refractivity contribution >= 4 is 6.03 Å². The van der Waals surface area contributed by atoms with Crippen molar-refractivity contribution < 1.29 is 14.6 Å². The minimum absolute atomic E-state index is 0.0695. The average molecular weight is 294 g/mol. The predicted octanol–water partition coefficient (Wildman–Crippen LogP) is 2.18. The van der Waals surface area contributed by atoms with Gasteiger partial charge in [-0.3, -0.25) is 0 Å². The number of ether oxygens (including phenoxy) is 1. The Bertz CT molecular complexity index is 434. The van der Waals surface area contributed by atoms with Gasteiger partial charge in [0.25, 0.3) is 0 Å². The normalized spacial score (nSPS) is 13.5. The second-order valence-electron chi connectivity index (χ2n) is 5.53. The highest BCUT2D eigenvalue weighted by atomic mass is 16.5. The van der Waals surface area contributed by atoms with Crippen LogP contribution in [0, 0.1) is 0 Å². The molecule has 0 heterocycles. The van der Waals surface area contributed by atoms with Gasteiger partial charge in [0.15, 0.2) is 0 Å². The van der Waals surface area contributed by atoms with E-state index in [1.165, 1.54) is 0 Å². The lowest BCUT2D eigenvalue weighted by Gasteiger charge is -2.28. The van der Waals surface area contributed by atoms with Crippen LogP contribution in [0.1, 0.15) is 37.8 Å². The van der Waals surface area contributed by atoms with Crippen molar-refractivity contribution in [2.45, 2.75) is 45.4 Å². The van der Waals surface area contributed by atoms with Crippen molar-refractivity contribution in [2.75, 3.05) is 13.7 Å². The van der Waals surface area contributed by atoms with Crippen LogP contribution in [0.2, 0.25) is 0 Å². The number of aliphatic hydroxyl groups is 1. The molecule has 0 radical (unpaired) electrons. The van der Waals surface area contributed by atoms with Gasteiger partial charge < -0.3 is 20.5 Å². The minimum Gasteiger partial charge on any atom is -0.394 e. The van der Waals surface area contributed by atoms with E-state index in [9.17, 15) is 9.90 Å². The molecule has 0 aliphatic carbocycles. The summed E-state index contributed by atoms with van der Waals surface area (Å²) in [5, 5.41) is 15.0. The molecule has 0 aromatic heterocycles. The van der Waals surface area contributed by atoms with Crippen LogP contribution in [-0.2, 0) is 17.9 Å². The standard InChI is InChI=1S/C16H26N2O3/c1-4-9-16(2,12-19)18-15(20)17-10-13-5-7-14(8-6-13)11-21-3/h5-8,19H,4,9-12H2,1-3H3,(H2,17,18,20). The molecular weight excluding hydrogens is 268 g/mol. The Balaban J connectivity index is 2.45. The van der Waals surface area contributed by atoms with Crippen LogP contribution < -0.4 is 10.6 Å². The van der Waals surface area contributed by atoms with Crippen molar-refractivity contribution in [1.29, 1.82) is 0 Å². The largest absolute Gasteiger partial charge is 0.394 e. The van der Waals surface area contributed by atoms with Crippen molar-refractivity contribution in [3.05, 3.63) is 35.4 Å². The quantitative estimate of drug-likeness (QED) is 0.688. The Morgan fingerprint density at radius 1 is 1.29 bits per heavy atom. The second-order valence-corrected chi connectivity index (χ2v) is 5.53. The Labute approximate surface area is 126 Å². The minimum atomic E-state index is -0.568. The number of benzene rings is 1. The van der Waals surface area contributed by atoms with Gasteiger partial charge in [0.05, 0.1) is 18.8 Å². The summed E-state index contributed by atoms with van der Waals surface area (Å²) in [4.78, 5) is 11.9. The molecule has 21 heavy (non-hydrogen) atoms. The van der Waals surface area contributed by atoms with E-state index in [-0.39, 0.29) is 12.6 Å². The molecule has 0 fully saturated rings. The number of aliphatic hydroxyl groups excluding tert-OH is 1. The van der Waals surface area contributed by atoms with E-state index in [0.717, 1.165) is 24.0 Å². The highest BCUT2D eigenvalue weighted by Crippen LogP contribution is 2.11. The summed E-state index contributed by atoms with van der Waals surface area (Å²) in [7, 11) is 1.66. The molecule has 5 heteroatoms. The van der Waals surface area contributed by atoms with Crippen molar-refractivity contribution in [3.63, 3.8) is 0 Å². The van der Waals surface area contributed by atoms with Gasteiger partial charge in [0.2, 0.25) is 0 Å².